The minimum Gasteiger partial charge on any atom is -0.497 e. The van der Waals surface area contributed by atoms with Crippen molar-refractivity contribution in [1.82, 2.24) is 4.90 Å². The minimum absolute atomic E-state index is 0.0783. The number of hydrogen-bond acceptors (Lipinski definition) is 3. The van der Waals surface area contributed by atoms with Gasteiger partial charge in [0.1, 0.15) is 5.75 Å². The molecule has 2 N–H and O–H groups in total. The van der Waals surface area contributed by atoms with Gasteiger partial charge in [0.15, 0.2) is 0 Å². The number of nitrogens with two attached hydrogens (primary N) is 1. The van der Waals surface area contributed by atoms with Crippen LogP contribution in [0.2, 0.25) is 0 Å². The minimum atomic E-state index is 0.0783. The number of amides is 1. The number of hydrogen-bond donors (Lipinski definition) is 1. The quantitative estimate of drug-likeness (QED) is 0.826. The molecule has 1 amide bonds. The summed E-state index contributed by atoms with van der Waals surface area (Å²) in [5, 5.41) is 0. The van der Waals surface area contributed by atoms with Crippen LogP contribution in [-0.4, -0.2) is 30.5 Å². The lowest BCUT2D eigenvalue weighted by molar-refractivity contribution is 0.0736. The molecule has 4 nitrogen and oxygen atoms in total. The maximum absolute atomic E-state index is 12.6. The highest BCUT2D eigenvalue weighted by atomic mass is 16.5. The second kappa shape index (κ2) is 4.76. The van der Waals surface area contributed by atoms with E-state index in [9.17, 15) is 4.79 Å². The molecule has 0 saturated heterocycles. The summed E-state index contributed by atoms with van der Waals surface area (Å²) in [4.78, 5) is 14.6. The molecular formula is C15H20N2O2. The summed E-state index contributed by atoms with van der Waals surface area (Å²) in [6.07, 6.45) is 4.78. The van der Waals surface area contributed by atoms with Gasteiger partial charge in [-0.2, -0.15) is 0 Å². The van der Waals surface area contributed by atoms with E-state index in [4.69, 9.17) is 10.5 Å². The fraction of sp³-hybridized carbons (Fsp3) is 0.533. The molecule has 19 heavy (non-hydrogen) atoms. The Hall–Kier alpha value is -1.71. The topological polar surface area (TPSA) is 55.6 Å². The summed E-state index contributed by atoms with van der Waals surface area (Å²) in [5.41, 5.74) is 7.09. The Balaban J connectivity index is 1.80. The molecule has 0 unspecified atom stereocenters. The van der Waals surface area contributed by atoms with Crippen molar-refractivity contribution in [2.45, 2.75) is 31.7 Å². The predicted octanol–water partition coefficient (Wildman–Crippen LogP) is 2.29. The molecule has 0 heterocycles. The van der Waals surface area contributed by atoms with E-state index < -0.39 is 0 Å². The molecule has 4 heteroatoms. The Morgan fingerprint density at radius 1 is 1.37 bits per heavy atom. The van der Waals surface area contributed by atoms with E-state index in [2.05, 4.69) is 0 Å². The van der Waals surface area contributed by atoms with E-state index in [-0.39, 0.29) is 5.91 Å². The average molecular weight is 260 g/mol. The monoisotopic (exact) mass is 260 g/mol. The highest BCUT2D eigenvalue weighted by Crippen LogP contribution is 2.36. The number of carbonyl (C=O) groups is 1. The maximum atomic E-state index is 12.6. The Bertz CT molecular complexity index is 493. The van der Waals surface area contributed by atoms with Gasteiger partial charge in [0.05, 0.1) is 12.7 Å². The third-order valence-corrected chi connectivity index (χ3v) is 3.89. The second-order valence-electron chi connectivity index (χ2n) is 5.59. The van der Waals surface area contributed by atoms with Crippen molar-refractivity contribution < 1.29 is 9.53 Å². The van der Waals surface area contributed by atoms with Gasteiger partial charge in [-0.05, 0) is 43.7 Å². The SMILES string of the molecule is COc1ccc(C(=O)N(CC2CC2)C2CC2)c(N)c1. The van der Waals surface area contributed by atoms with Crippen molar-refractivity contribution in [2.75, 3.05) is 19.4 Å². The Labute approximate surface area is 113 Å². The number of ether oxygens (including phenoxy) is 1. The lowest BCUT2D eigenvalue weighted by atomic mass is 10.1. The van der Waals surface area contributed by atoms with Gasteiger partial charge in [-0.15, -0.1) is 0 Å². The third-order valence-electron chi connectivity index (χ3n) is 3.89. The van der Waals surface area contributed by atoms with Crippen LogP contribution in [0.1, 0.15) is 36.0 Å². The number of nitrogens with zero attached hydrogens (tertiary/aromatic N) is 1. The Morgan fingerprint density at radius 3 is 2.63 bits per heavy atom. The molecule has 2 aliphatic carbocycles. The first-order chi connectivity index (χ1) is 9.19. The molecule has 102 valence electrons. The summed E-state index contributed by atoms with van der Waals surface area (Å²) in [5.74, 6) is 1.48. The van der Waals surface area contributed by atoms with Crippen molar-refractivity contribution in [3.8, 4) is 5.75 Å². The summed E-state index contributed by atoms with van der Waals surface area (Å²) < 4.78 is 5.12. The number of rotatable bonds is 5. The zero-order chi connectivity index (χ0) is 13.4. The predicted molar refractivity (Wildman–Crippen MR) is 74.2 cm³/mol. The van der Waals surface area contributed by atoms with Crippen LogP contribution >= 0.6 is 0 Å². The molecule has 1 aromatic rings. The first kappa shape index (κ1) is 12.3. The van der Waals surface area contributed by atoms with Crippen LogP contribution in [-0.2, 0) is 0 Å². The van der Waals surface area contributed by atoms with Crippen LogP contribution in [0.4, 0.5) is 5.69 Å². The van der Waals surface area contributed by atoms with Gasteiger partial charge < -0.3 is 15.4 Å². The van der Waals surface area contributed by atoms with Crippen LogP contribution in [0.5, 0.6) is 5.75 Å². The normalized spacial score (nSPS) is 18.2. The van der Waals surface area contributed by atoms with Gasteiger partial charge >= 0.3 is 0 Å². The molecule has 2 saturated carbocycles. The summed E-state index contributed by atoms with van der Waals surface area (Å²) >= 11 is 0. The molecule has 0 aromatic heterocycles. The first-order valence-corrected chi connectivity index (χ1v) is 6.93. The van der Waals surface area contributed by atoms with Gasteiger partial charge in [-0.25, -0.2) is 0 Å². The van der Waals surface area contributed by atoms with E-state index in [0.29, 0.717) is 29.0 Å². The molecule has 0 spiro atoms. The van der Waals surface area contributed by atoms with Gasteiger partial charge in [-0.3, -0.25) is 4.79 Å². The zero-order valence-electron chi connectivity index (χ0n) is 11.3. The lowest BCUT2D eigenvalue weighted by Gasteiger charge is -2.23. The highest BCUT2D eigenvalue weighted by Gasteiger charge is 2.37. The molecule has 1 aromatic carbocycles. The fourth-order valence-electron chi connectivity index (χ4n) is 2.38. The van der Waals surface area contributed by atoms with Crippen molar-refractivity contribution in [1.29, 1.82) is 0 Å². The summed E-state index contributed by atoms with van der Waals surface area (Å²) in [6.45, 7) is 0.898. The highest BCUT2D eigenvalue weighted by molar-refractivity contribution is 5.99. The zero-order valence-corrected chi connectivity index (χ0v) is 11.3. The maximum Gasteiger partial charge on any atom is 0.256 e. The van der Waals surface area contributed by atoms with E-state index in [1.807, 2.05) is 4.90 Å². The van der Waals surface area contributed by atoms with Gasteiger partial charge in [0.2, 0.25) is 0 Å². The van der Waals surface area contributed by atoms with Gasteiger partial charge in [0, 0.05) is 24.3 Å². The summed E-state index contributed by atoms with van der Waals surface area (Å²) in [7, 11) is 1.60. The summed E-state index contributed by atoms with van der Waals surface area (Å²) in [6, 6.07) is 5.73. The van der Waals surface area contributed by atoms with E-state index in [1.54, 1.807) is 25.3 Å². The Morgan fingerprint density at radius 2 is 2.11 bits per heavy atom. The number of nitrogen functional groups attached to an aromatic ring is 1. The van der Waals surface area contributed by atoms with Crippen LogP contribution in [0.3, 0.4) is 0 Å². The molecular weight excluding hydrogens is 240 g/mol. The molecule has 2 fully saturated rings. The molecule has 0 radical (unpaired) electrons. The van der Waals surface area contributed by atoms with E-state index in [0.717, 1.165) is 19.4 Å². The lowest BCUT2D eigenvalue weighted by Crippen LogP contribution is -2.35. The smallest absolute Gasteiger partial charge is 0.256 e. The number of methoxy groups -OCH3 is 1. The van der Waals surface area contributed by atoms with E-state index in [1.165, 1.54) is 12.8 Å². The van der Waals surface area contributed by atoms with E-state index >= 15 is 0 Å². The van der Waals surface area contributed by atoms with Crippen molar-refractivity contribution >= 4 is 11.6 Å². The standard InChI is InChI=1S/C15H20N2O2/c1-19-12-6-7-13(14(16)8-12)15(18)17(11-4-5-11)9-10-2-3-10/h6-8,10-11H,2-5,9,16H2,1H3. The molecule has 0 atom stereocenters. The van der Waals surface area contributed by atoms with Crippen LogP contribution < -0.4 is 10.5 Å². The van der Waals surface area contributed by atoms with Crippen molar-refractivity contribution in [3.05, 3.63) is 23.8 Å². The van der Waals surface area contributed by atoms with Gasteiger partial charge in [0.25, 0.3) is 5.91 Å². The number of carbonyl (C=O) groups excluding carboxylic acids is 1. The number of benzene rings is 1. The molecule has 2 aliphatic rings. The third kappa shape index (κ3) is 2.67. The fourth-order valence-corrected chi connectivity index (χ4v) is 2.38. The number of anilines is 1. The first-order valence-electron chi connectivity index (χ1n) is 6.93. The van der Waals surface area contributed by atoms with Crippen LogP contribution in [0.15, 0.2) is 18.2 Å². The Kier molecular flexibility index (Phi) is 3.09. The molecule has 0 aliphatic heterocycles. The largest absolute Gasteiger partial charge is 0.497 e. The molecule has 3 rings (SSSR count). The average Bonchev–Trinajstić information content (AvgIpc) is 3.27. The van der Waals surface area contributed by atoms with Crippen LogP contribution in [0.25, 0.3) is 0 Å². The van der Waals surface area contributed by atoms with Crippen molar-refractivity contribution in [2.24, 2.45) is 5.92 Å². The molecule has 0 bridgehead atoms. The second-order valence-corrected chi connectivity index (χ2v) is 5.59. The van der Waals surface area contributed by atoms with Crippen LogP contribution in [0, 0.1) is 5.92 Å². The van der Waals surface area contributed by atoms with Crippen molar-refractivity contribution in [3.63, 3.8) is 0 Å². The van der Waals surface area contributed by atoms with Gasteiger partial charge in [-0.1, -0.05) is 0 Å².